The largest absolute Gasteiger partial charge is 0.285 e. The molecule has 0 spiro atoms. The van der Waals surface area contributed by atoms with Crippen molar-refractivity contribution in [3.05, 3.63) is 0 Å². The van der Waals surface area contributed by atoms with Gasteiger partial charge < -0.3 is 0 Å². The molecule has 8 heteroatoms. The lowest BCUT2D eigenvalue weighted by molar-refractivity contribution is -0.116. The first kappa shape index (κ1) is 11.8. The summed E-state index contributed by atoms with van der Waals surface area (Å²) < 4.78 is 29.0. The van der Waals surface area contributed by atoms with E-state index in [0.717, 1.165) is 0 Å². The topological polar surface area (TPSA) is 88.5 Å². The van der Waals surface area contributed by atoms with E-state index in [1.807, 2.05) is 0 Å². The molecule has 0 saturated carbocycles. The molecule has 0 rings (SSSR count). The summed E-state index contributed by atoms with van der Waals surface area (Å²) in [7, 11) is -4.65. The van der Waals surface area contributed by atoms with Gasteiger partial charge in [0.25, 0.3) is 10.1 Å². The molecular formula is C4H4Cl2O5S. The van der Waals surface area contributed by atoms with E-state index in [-0.39, 0.29) is 0 Å². The summed E-state index contributed by atoms with van der Waals surface area (Å²) in [4.78, 5) is 20.5. The predicted molar refractivity (Wildman–Crippen MR) is 41.7 cm³/mol. The third kappa shape index (κ3) is 4.01. The first-order valence-corrected chi connectivity index (χ1v) is 4.85. The van der Waals surface area contributed by atoms with Crippen LogP contribution in [0.4, 0.5) is 0 Å². The molecule has 0 aromatic carbocycles. The number of hydrogen-bond acceptors (Lipinski definition) is 4. The monoisotopic (exact) mass is 234 g/mol. The molecule has 12 heavy (non-hydrogen) atoms. The van der Waals surface area contributed by atoms with Gasteiger partial charge >= 0.3 is 0 Å². The average molecular weight is 235 g/mol. The summed E-state index contributed by atoms with van der Waals surface area (Å²) in [5.74, 6) is 0. The molecule has 0 aromatic heterocycles. The smallest absolute Gasteiger partial charge is 0.276 e. The third-order valence-electron chi connectivity index (χ3n) is 0.959. The summed E-state index contributed by atoms with van der Waals surface area (Å²) in [6.07, 6.45) is -0.831. The van der Waals surface area contributed by atoms with E-state index < -0.39 is 32.3 Å². The minimum absolute atomic E-state index is 0.831. The highest BCUT2D eigenvalue weighted by Gasteiger charge is 2.31. The average Bonchev–Trinajstić information content (AvgIpc) is 1.79. The zero-order chi connectivity index (χ0) is 9.94. The Bertz CT molecular complexity index is 295. The molecule has 0 heterocycles. The van der Waals surface area contributed by atoms with Crippen molar-refractivity contribution in [2.45, 2.75) is 11.7 Å². The van der Waals surface area contributed by atoms with E-state index in [0.29, 0.717) is 0 Å². The summed E-state index contributed by atoms with van der Waals surface area (Å²) in [5, 5.41) is -4.37. The minimum atomic E-state index is -4.65. The van der Waals surface area contributed by atoms with Crippen LogP contribution in [-0.2, 0) is 19.7 Å². The number of carbonyl (C=O) groups excluding carboxylic acids is 2. The zero-order valence-electron chi connectivity index (χ0n) is 5.53. The van der Waals surface area contributed by atoms with Gasteiger partial charge in [-0.05, 0) is 23.2 Å². The van der Waals surface area contributed by atoms with Gasteiger partial charge in [0.15, 0.2) is 5.25 Å². The molecule has 0 aliphatic rings. The molecular weight excluding hydrogens is 231 g/mol. The predicted octanol–water partition coefficient (Wildman–Crippen LogP) is 0.164. The molecule has 1 unspecified atom stereocenters. The van der Waals surface area contributed by atoms with Crippen molar-refractivity contribution in [2.75, 3.05) is 0 Å². The Morgan fingerprint density at radius 2 is 1.75 bits per heavy atom. The first-order chi connectivity index (χ1) is 5.25. The van der Waals surface area contributed by atoms with Gasteiger partial charge in [0, 0.05) is 6.42 Å². The van der Waals surface area contributed by atoms with Crippen LogP contribution in [0.2, 0.25) is 0 Å². The number of carbonyl (C=O) groups is 2. The van der Waals surface area contributed by atoms with Crippen LogP contribution in [0.3, 0.4) is 0 Å². The van der Waals surface area contributed by atoms with Crippen LogP contribution < -0.4 is 0 Å². The lowest BCUT2D eigenvalue weighted by Crippen LogP contribution is -2.28. The van der Waals surface area contributed by atoms with Gasteiger partial charge in [-0.15, -0.1) is 0 Å². The lowest BCUT2D eigenvalue weighted by atomic mass is 10.3. The van der Waals surface area contributed by atoms with E-state index in [1.54, 1.807) is 0 Å². The Labute approximate surface area is 78.4 Å². The van der Waals surface area contributed by atoms with Crippen LogP contribution in [0.15, 0.2) is 0 Å². The molecule has 0 fully saturated rings. The van der Waals surface area contributed by atoms with Crippen molar-refractivity contribution in [2.24, 2.45) is 0 Å². The third-order valence-corrected chi connectivity index (χ3v) is 2.61. The van der Waals surface area contributed by atoms with Crippen LogP contribution in [0.5, 0.6) is 0 Å². The van der Waals surface area contributed by atoms with Gasteiger partial charge in [-0.2, -0.15) is 8.42 Å². The van der Waals surface area contributed by atoms with Crippen LogP contribution in [-0.4, -0.2) is 28.7 Å². The fourth-order valence-corrected chi connectivity index (χ4v) is 1.71. The highest BCUT2D eigenvalue weighted by molar-refractivity contribution is 7.87. The van der Waals surface area contributed by atoms with Crippen LogP contribution in [0.1, 0.15) is 6.42 Å². The van der Waals surface area contributed by atoms with Crippen molar-refractivity contribution in [1.82, 2.24) is 0 Å². The number of rotatable bonds is 4. The van der Waals surface area contributed by atoms with Crippen molar-refractivity contribution >= 4 is 43.8 Å². The van der Waals surface area contributed by atoms with Gasteiger partial charge in [0.2, 0.25) is 10.5 Å². The van der Waals surface area contributed by atoms with Crippen LogP contribution in [0, 0.1) is 0 Å². The Morgan fingerprint density at radius 3 is 1.83 bits per heavy atom. The highest BCUT2D eigenvalue weighted by atomic mass is 35.5. The van der Waals surface area contributed by atoms with Gasteiger partial charge in [0.1, 0.15) is 0 Å². The Hall–Kier alpha value is -0.170. The molecule has 0 radical (unpaired) electrons. The second kappa shape index (κ2) is 4.18. The maximum absolute atomic E-state index is 10.3. The van der Waals surface area contributed by atoms with E-state index in [4.69, 9.17) is 27.8 Å². The second-order valence-electron chi connectivity index (χ2n) is 1.87. The van der Waals surface area contributed by atoms with Crippen LogP contribution in [0.25, 0.3) is 0 Å². The fourth-order valence-electron chi connectivity index (χ4n) is 0.448. The SMILES string of the molecule is O=C(Cl)CC(C(=O)Cl)S(=O)(=O)O. The summed E-state index contributed by atoms with van der Waals surface area (Å²) in [6, 6.07) is 0. The van der Waals surface area contributed by atoms with Gasteiger partial charge in [-0.3, -0.25) is 14.1 Å². The molecule has 0 bridgehead atoms. The molecule has 0 aliphatic carbocycles. The summed E-state index contributed by atoms with van der Waals surface area (Å²) >= 11 is 9.58. The van der Waals surface area contributed by atoms with E-state index in [1.165, 1.54) is 0 Å². The maximum Gasteiger partial charge on any atom is 0.276 e. The Balaban J connectivity index is 4.70. The van der Waals surface area contributed by atoms with Gasteiger partial charge in [0.05, 0.1) is 0 Å². The summed E-state index contributed by atoms with van der Waals surface area (Å²) in [6.45, 7) is 0. The normalized spacial score (nSPS) is 13.9. The van der Waals surface area contributed by atoms with Crippen molar-refractivity contribution in [3.63, 3.8) is 0 Å². The number of halogens is 2. The van der Waals surface area contributed by atoms with E-state index in [9.17, 15) is 18.0 Å². The number of hydrogen-bond donors (Lipinski definition) is 1. The fraction of sp³-hybridized carbons (Fsp3) is 0.500. The summed E-state index contributed by atoms with van der Waals surface area (Å²) in [5.41, 5.74) is 0. The van der Waals surface area contributed by atoms with Crippen LogP contribution >= 0.6 is 23.2 Å². The van der Waals surface area contributed by atoms with Crippen molar-refractivity contribution < 1.29 is 22.6 Å². The van der Waals surface area contributed by atoms with Gasteiger partial charge in [-0.25, -0.2) is 0 Å². The molecule has 1 N–H and O–H groups in total. The molecule has 0 amide bonds. The molecule has 1 atom stereocenters. The quantitative estimate of drug-likeness (QED) is 0.553. The minimum Gasteiger partial charge on any atom is -0.285 e. The zero-order valence-corrected chi connectivity index (χ0v) is 7.86. The maximum atomic E-state index is 10.3. The molecule has 0 aliphatic heterocycles. The molecule has 70 valence electrons. The Kier molecular flexibility index (Phi) is 4.12. The van der Waals surface area contributed by atoms with E-state index >= 15 is 0 Å². The van der Waals surface area contributed by atoms with Crippen molar-refractivity contribution in [3.8, 4) is 0 Å². The molecule has 0 saturated heterocycles. The standard InChI is InChI=1S/C4H4Cl2O5S/c5-3(7)1-2(4(6)8)12(9,10)11/h2H,1H2,(H,9,10,11). The van der Waals surface area contributed by atoms with Gasteiger partial charge in [-0.1, -0.05) is 0 Å². The lowest BCUT2D eigenvalue weighted by Gasteiger charge is -2.04. The Morgan fingerprint density at radius 1 is 1.33 bits per heavy atom. The second-order valence-corrected chi connectivity index (χ2v) is 4.26. The molecule has 5 nitrogen and oxygen atoms in total. The first-order valence-electron chi connectivity index (χ1n) is 2.59. The molecule has 0 aromatic rings. The highest BCUT2D eigenvalue weighted by Crippen LogP contribution is 2.10. The van der Waals surface area contributed by atoms with E-state index in [2.05, 4.69) is 0 Å². The van der Waals surface area contributed by atoms with Crippen molar-refractivity contribution in [1.29, 1.82) is 0 Å².